The van der Waals surface area contributed by atoms with Crippen molar-refractivity contribution >= 4 is 17.7 Å². The number of aldehydes is 1. The molecule has 1 aromatic carbocycles. The molecule has 0 saturated heterocycles. The van der Waals surface area contributed by atoms with E-state index in [1.807, 2.05) is 0 Å². The van der Waals surface area contributed by atoms with Gasteiger partial charge in [0.15, 0.2) is 0 Å². The summed E-state index contributed by atoms with van der Waals surface area (Å²) in [6, 6.07) is 4.40. The van der Waals surface area contributed by atoms with Gasteiger partial charge in [-0.05, 0) is 24.0 Å². The maximum atomic E-state index is 11.0. The number of anilines is 1. The molecule has 0 aliphatic rings. The number of carbonyl (C=O) groups is 1. The van der Waals surface area contributed by atoms with Crippen molar-refractivity contribution in [2.75, 3.05) is 25.6 Å². The third kappa shape index (κ3) is 4.62. The Morgan fingerprint density at radius 1 is 1.45 bits per heavy atom. The molecule has 0 saturated carbocycles. The number of ether oxygens (including phenoxy) is 1. The predicted octanol–water partition coefficient (Wildman–Crippen LogP) is 2.88. The Kier molecular flexibility index (Phi) is 5.64. The molecule has 0 aliphatic carbocycles. The van der Waals surface area contributed by atoms with Gasteiger partial charge in [0.25, 0.3) is 5.69 Å². The topological polar surface area (TPSA) is 81.5 Å². The van der Waals surface area contributed by atoms with Crippen LogP contribution < -0.4 is 5.32 Å². The smallest absolute Gasteiger partial charge is 0.293 e. The Morgan fingerprint density at radius 2 is 2.15 bits per heavy atom. The van der Waals surface area contributed by atoms with Crippen molar-refractivity contribution in [2.24, 2.45) is 5.41 Å². The molecule has 0 heterocycles. The Balaban J connectivity index is 2.82. The quantitative estimate of drug-likeness (QED) is 0.450. The van der Waals surface area contributed by atoms with Crippen LogP contribution in [0.2, 0.25) is 0 Å². The van der Waals surface area contributed by atoms with Crippen LogP contribution in [-0.2, 0) is 4.74 Å². The lowest BCUT2D eigenvalue weighted by Crippen LogP contribution is -2.25. The fourth-order valence-corrected chi connectivity index (χ4v) is 1.72. The molecule has 0 bridgehead atoms. The zero-order valence-corrected chi connectivity index (χ0v) is 12.0. The summed E-state index contributed by atoms with van der Waals surface area (Å²) in [7, 11) is 1.65. The van der Waals surface area contributed by atoms with Gasteiger partial charge in [-0.2, -0.15) is 0 Å². The van der Waals surface area contributed by atoms with Crippen molar-refractivity contribution in [3.63, 3.8) is 0 Å². The molecule has 0 aromatic heterocycles. The largest absolute Gasteiger partial charge is 0.385 e. The first-order valence-corrected chi connectivity index (χ1v) is 6.36. The number of nitro groups is 1. The van der Waals surface area contributed by atoms with Crippen molar-refractivity contribution in [1.82, 2.24) is 0 Å². The summed E-state index contributed by atoms with van der Waals surface area (Å²) in [5.41, 5.74) is 0.580. The highest BCUT2D eigenvalue weighted by molar-refractivity contribution is 5.79. The van der Waals surface area contributed by atoms with Gasteiger partial charge in [0.1, 0.15) is 12.0 Å². The van der Waals surface area contributed by atoms with E-state index in [1.54, 1.807) is 19.2 Å². The van der Waals surface area contributed by atoms with Gasteiger partial charge >= 0.3 is 0 Å². The average Bonchev–Trinajstić information content (AvgIpc) is 2.42. The van der Waals surface area contributed by atoms with Gasteiger partial charge in [0.2, 0.25) is 0 Å². The van der Waals surface area contributed by atoms with Crippen LogP contribution in [0.4, 0.5) is 11.4 Å². The van der Waals surface area contributed by atoms with Crippen LogP contribution in [0, 0.1) is 15.5 Å². The molecule has 6 heteroatoms. The van der Waals surface area contributed by atoms with Gasteiger partial charge in [-0.3, -0.25) is 14.9 Å². The van der Waals surface area contributed by atoms with Gasteiger partial charge in [0, 0.05) is 31.9 Å². The molecular weight excluding hydrogens is 260 g/mol. The SMILES string of the molecule is COCCC(C)(C)CNc1ccc(C=O)cc1[N+](=O)[O-]. The summed E-state index contributed by atoms with van der Waals surface area (Å²) in [6.07, 6.45) is 1.44. The van der Waals surface area contributed by atoms with Crippen LogP contribution in [0.5, 0.6) is 0 Å². The number of rotatable bonds is 8. The maximum absolute atomic E-state index is 11.0. The molecule has 0 fully saturated rings. The first-order valence-electron chi connectivity index (χ1n) is 6.36. The second kappa shape index (κ2) is 7.00. The number of nitro benzene ring substituents is 1. The van der Waals surface area contributed by atoms with Gasteiger partial charge in [0.05, 0.1) is 4.92 Å². The van der Waals surface area contributed by atoms with Crippen molar-refractivity contribution in [3.8, 4) is 0 Å². The minimum atomic E-state index is -0.489. The van der Waals surface area contributed by atoms with Gasteiger partial charge in [-0.25, -0.2) is 0 Å². The first-order chi connectivity index (χ1) is 9.39. The third-order valence-electron chi connectivity index (χ3n) is 3.09. The number of nitrogens with one attached hydrogen (secondary N) is 1. The van der Waals surface area contributed by atoms with Crippen molar-refractivity contribution in [2.45, 2.75) is 20.3 Å². The Labute approximate surface area is 118 Å². The fraction of sp³-hybridized carbons (Fsp3) is 0.500. The van der Waals surface area contributed by atoms with Crippen LogP contribution in [0.25, 0.3) is 0 Å². The minimum Gasteiger partial charge on any atom is -0.385 e. The molecule has 1 N–H and O–H groups in total. The molecule has 0 unspecified atom stereocenters. The zero-order chi connectivity index (χ0) is 15.2. The number of hydrogen-bond donors (Lipinski definition) is 1. The normalized spacial score (nSPS) is 11.2. The molecule has 20 heavy (non-hydrogen) atoms. The van der Waals surface area contributed by atoms with Crippen LogP contribution in [-0.4, -0.2) is 31.5 Å². The summed E-state index contributed by atoms with van der Waals surface area (Å²) in [5, 5.41) is 14.1. The second-order valence-electron chi connectivity index (χ2n) is 5.41. The Hall–Kier alpha value is -1.95. The Bertz CT molecular complexity index is 486. The predicted molar refractivity (Wildman–Crippen MR) is 77.2 cm³/mol. The molecule has 1 rings (SSSR count). The van der Waals surface area contributed by atoms with E-state index in [2.05, 4.69) is 19.2 Å². The number of carbonyl (C=O) groups excluding carboxylic acids is 1. The summed E-state index contributed by atoms with van der Waals surface area (Å²) in [4.78, 5) is 21.2. The van der Waals surface area contributed by atoms with Crippen LogP contribution in [0.15, 0.2) is 18.2 Å². The molecule has 110 valence electrons. The summed E-state index contributed by atoms with van der Waals surface area (Å²) in [5.74, 6) is 0. The lowest BCUT2D eigenvalue weighted by molar-refractivity contribution is -0.384. The average molecular weight is 280 g/mol. The number of hydrogen-bond acceptors (Lipinski definition) is 5. The van der Waals surface area contributed by atoms with E-state index < -0.39 is 4.92 Å². The monoisotopic (exact) mass is 280 g/mol. The molecule has 0 amide bonds. The maximum Gasteiger partial charge on any atom is 0.293 e. The van der Waals surface area contributed by atoms with Crippen molar-refractivity contribution in [1.29, 1.82) is 0 Å². The minimum absolute atomic E-state index is 0.0484. The van der Waals surface area contributed by atoms with E-state index in [0.717, 1.165) is 6.42 Å². The Morgan fingerprint density at radius 3 is 2.70 bits per heavy atom. The summed E-state index contributed by atoms with van der Waals surface area (Å²) < 4.78 is 5.05. The van der Waals surface area contributed by atoms with Crippen molar-refractivity contribution < 1.29 is 14.5 Å². The van der Waals surface area contributed by atoms with E-state index in [1.165, 1.54) is 6.07 Å². The van der Waals surface area contributed by atoms with Gasteiger partial charge in [-0.1, -0.05) is 13.8 Å². The van der Waals surface area contributed by atoms with Crippen LogP contribution in [0.1, 0.15) is 30.6 Å². The number of nitrogens with zero attached hydrogens (tertiary/aromatic N) is 1. The molecular formula is C14H20N2O4. The zero-order valence-electron chi connectivity index (χ0n) is 12.0. The molecule has 6 nitrogen and oxygen atoms in total. The molecule has 0 spiro atoms. The second-order valence-corrected chi connectivity index (χ2v) is 5.41. The molecule has 1 aromatic rings. The summed E-state index contributed by atoms with van der Waals surface area (Å²) >= 11 is 0. The highest BCUT2D eigenvalue weighted by Crippen LogP contribution is 2.27. The van der Waals surface area contributed by atoms with Gasteiger partial charge < -0.3 is 10.1 Å². The van der Waals surface area contributed by atoms with Gasteiger partial charge in [-0.15, -0.1) is 0 Å². The fourth-order valence-electron chi connectivity index (χ4n) is 1.72. The summed E-state index contributed by atoms with van der Waals surface area (Å²) in [6.45, 7) is 5.34. The number of benzene rings is 1. The van der Waals surface area contributed by atoms with Crippen LogP contribution >= 0.6 is 0 Å². The first kappa shape index (κ1) is 16.1. The van der Waals surface area contributed by atoms with E-state index in [0.29, 0.717) is 30.7 Å². The van der Waals surface area contributed by atoms with E-state index in [-0.39, 0.29) is 11.1 Å². The highest BCUT2D eigenvalue weighted by atomic mass is 16.6. The van der Waals surface area contributed by atoms with E-state index >= 15 is 0 Å². The van der Waals surface area contributed by atoms with E-state index in [4.69, 9.17) is 4.74 Å². The molecule has 0 aliphatic heterocycles. The molecule has 0 radical (unpaired) electrons. The standard InChI is InChI=1S/C14H20N2O4/c1-14(2,6-7-20-3)10-15-12-5-4-11(9-17)8-13(12)16(18)19/h4-5,8-9,15H,6-7,10H2,1-3H3. The van der Waals surface area contributed by atoms with E-state index in [9.17, 15) is 14.9 Å². The van der Waals surface area contributed by atoms with Crippen LogP contribution in [0.3, 0.4) is 0 Å². The lowest BCUT2D eigenvalue weighted by Gasteiger charge is -2.25. The highest BCUT2D eigenvalue weighted by Gasteiger charge is 2.20. The van der Waals surface area contributed by atoms with Crippen molar-refractivity contribution in [3.05, 3.63) is 33.9 Å². The third-order valence-corrected chi connectivity index (χ3v) is 3.09. The number of methoxy groups -OCH3 is 1. The lowest BCUT2D eigenvalue weighted by atomic mass is 9.89. The molecule has 0 atom stereocenters.